The molecule has 3 N–H and O–H groups in total. The number of sulfonamides is 1. The molecule has 0 aliphatic heterocycles. The summed E-state index contributed by atoms with van der Waals surface area (Å²) < 4.78 is 27.4. The minimum absolute atomic E-state index is 0.0254. The zero-order chi connectivity index (χ0) is 13.8. The molecular formula is C10H14N2O5S. The van der Waals surface area contributed by atoms with Crippen LogP contribution >= 0.6 is 0 Å². The minimum atomic E-state index is -3.88. The molecule has 0 aliphatic rings. The lowest BCUT2D eigenvalue weighted by atomic mass is 10.2. The zero-order valence-electron chi connectivity index (χ0n) is 9.97. The Bertz CT molecular complexity index is 541. The lowest BCUT2D eigenvalue weighted by Crippen LogP contribution is -2.24. The van der Waals surface area contributed by atoms with Crippen LogP contribution < -0.4 is 15.4 Å². The number of benzene rings is 1. The second kappa shape index (κ2) is 5.80. The van der Waals surface area contributed by atoms with Crippen molar-refractivity contribution in [2.75, 3.05) is 13.7 Å². The predicted octanol–water partition coefficient (Wildman–Crippen LogP) is 0.0239. The molecular weight excluding hydrogens is 260 g/mol. The van der Waals surface area contributed by atoms with Crippen molar-refractivity contribution in [2.24, 2.45) is 5.14 Å². The molecule has 0 spiro atoms. The number of carbonyl (C=O) groups is 1. The number of nitrogens with one attached hydrogen (secondary N) is 1. The third-order valence-corrected chi connectivity index (χ3v) is 2.96. The highest BCUT2D eigenvalue weighted by Crippen LogP contribution is 2.21. The standard InChI is InChI=1S/C10H14N2O5S/c1-3-17-12-10(13)8-6-7(18(11,14)15)4-5-9(8)16-2/h4-6H,3H2,1-2H3,(H,12,13)(H2,11,14,15). The molecule has 0 unspecified atom stereocenters. The molecule has 0 atom stereocenters. The van der Waals surface area contributed by atoms with Gasteiger partial charge in [0.05, 0.1) is 24.2 Å². The van der Waals surface area contributed by atoms with Gasteiger partial charge in [-0.15, -0.1) is 0 Å². The molecule has 1 aromatic rings. The van der Waals surface area contributed by atoms with E-state index in [1.807, 2.05) is 0 Å². The van der Waals surface area contributed by atoms with E-state index in [-0.39, 0.29) is 22.8 Å². The van der Waals surface area contributed by atoms with Gasteiger partial charge in [-0.3, -0.25) is 9.63 Å². The van der Waals surface area contributed by atoms with Crippen LogP contribution in [0.1, 0.15) is 17.3 Å². The minimum Gasteiger partial charge on any atom is -0.496 e. The maximum Gasteiger partial charge on any atom is 0.278 e. The van der Waals surface area contributed by atoms with Crippen LogP contribution in [0.5, 0.6) is 5.75 Å². The fraction of sp³-hybridized carbons (Fsp3) is 0.300. The maximum absolute atomic E-state index is 11.7. The Balaban J connectivity index is 3.18. The molecule has 7 nitrogen and oxygen atoms in total. The van der Waals surface area contributed by atoms with Crippen LogP contribution in [0.2, 0.25) is 0 Å². The molecule has 0 aromatic heterocycles. The molecule has 8 heteroatoms. The fourth-order valence-corrected chi connectivity index (χ4v) is 1.77. The number of hydrogen-bond donors (Lipinski definition) is 2. The molecule has 0 radical (unpaired) electrons. The van der Waals surface area contributed by atoms with E-state index in [9.17, 15) is 13.2 Å². The van der Waals surface area contributed by atoms with Gasteiger partial charge in [0.1, 0.15) is 5.75 Å². The van der Waals surface area contributed by atoms with E-state index in [0.29, 0.717) is 0 Å². The summed E-state index contributed by atoms with van der Waals surface area (Å²) in [5.41, 5.74) is 2.17. The van der Waals surface area contributed by atoms with Crippen LogP contribution in [0.15, 0.2) is 23.1 Å². The normalized spacial score (nSPS) is 11.1. The molecule has 1 rings (SSSR count). The van der Waals surface area contributed by atoms with Gasteiger partial charge in [-0.05, 0) is 25.1 Å². The smallest absolute Gasteiger partial charge is 0.278 e. The summed E-state index contributed by atoms with van der Waals surface area (Å²) in [6, 6.07) is 3.73. The van der Waals surface area contributed by atoms with Gasteiger partial charge in [-0.25, -0.2) is 19.0 Å². The number of ether oxygens (including phenoxy) is 1. The second-order valence-corrected chi connectivity index (χ2v) is 4.83. The largest absolute Gasteiger partial charge is 0.496 e. The van der Waals surface area contributed by atoms with E-state index >= 15 is 0 Å². The summed E-state index contributed by atoms with van der Waals surface area (Å²) in [7, 11) is -2.52. The van der Waals surface area contributed by atoms with Crippen molar-refractivity contribution in [3.63, 3.8) is 0 Å². The van der Waals surface area contributed by atoms with Crippen molar-refractivity contribution in [3.05, 3.63) is 23.8 Å². The Morgan fingerprint density at radius 2 is 2.11 bits per heavy atom. The first-order chi connectivity index (χ1) is 8.40. The van der Waals surface area contributed by atoms with Gasteiger partial charge in [0.15, 0.2) is 0 Å². The molecule has 100 valence electrons. The molecule has 0 aliphatic carbocycles. The van der Waals surface area contributed by atoms with Gasteiger partial charge >= 0.3 is 0 Å². The summed E-state index contributed by atoms with van der Waals surface area (Å²) in [5.74, 6) is -0.390. The van der Waals surface area contributed by atoms with Crippen molar-refractivity contribution in [1.29, 1.82) is 0 Å². The highest BCUT2D eigenvalue weighted by molar-refractivity contribution is 7.89. The van der Waals surface area contributed by atoms with Crippen LogP contribution in [0.4, 0.5) is 0 Å². The Hall–Kier alpha value is -1.64. The molecule has 0 saturated heterocycles. The predicted molar refractivity (Wildman–Crippen MR) is 63.5 cm³/mol. The van der Waals surface area contributed by atoms with Gasteiger partial charge in [-0.2, -0.15) is 0 Å². The number of methoxy groups -OCH3 is 1. The molecule has 0 heterocycles. The summed E-state index contributed by atoms with van der Waals surface area (Å²) in [4.78, 5) is 16.3. The van der Waals surface area contributed by atoms with Crippen molar-refractivity contribution < 1.29 is 22.8 Å². The molecule has 0 bridgehead atoms. The third-order valence-electron chi connectivity index (χ3n) is 2.05. The molecule has 1 aromatic carbocycles. The summed E-state index contributed by atoms with van der Waals surface area (Å²) in [5, 5.41) is 4.99. The Labute approximate surface area is 105 Å². The van der Waals surface area contributed by atoms with Crippen molar-refractivity contribution in [1.82, 2.24) is 5.48 Å². The molecule has 1 amide bonds. The molecule has 0 saturated carbocycles. The number of amides is 1. The molecule has 0 fully saturated rings. The first-order valence-electron chi connectivity index (χ1n) is 5.03. The van der Waals surface area contributed by atoms with E-state index in [2.05, 4.69) is 5.48 Å². The number of rotatable bonds is 5. The van der Waals surface area contributed by atoms with Gasteiger partial charge in [0.25, 0.3) is 5.91 Å². The van der Waals surface area contributed by atoms with Crippen molar-refractivity contribution in [3.8, 4) is 5.75 Å². The highest BCUT2D eigenvalue weighted by atomic mass is 32.2. The van der Waals surface area contributed by atoms with Gasteiger partial charge < -0.3 is 4.74 Å². The Kier molecular flexibility index (Phi) is 4.65. The van der Waals surface area contributed by atoms with Crippen LogP contribution in [-0.2, 0) is 14.9 Å². The van der Waals surface area contributed by atoms with Gasteiger partial charge in [0.2, 0.25) is 10.0 Å². The summed E-state index contributed by atoms with van der Waals surface area (Å²) >= 11 is 0. The lowest BCUT2D eigenvalue weighted by Gasteiger charge is -2.10. The monoisotopic (exact) mass is 274 g/mol. The fourth-order valence-electron chi connectivity index (χ4n) is 1.23. The quantitative estimate of drug-likeness (QED) is 0.736. The summed E-state index contributed by atoms with van der Waals surface area (Å²) in [6.45, 7) is 1.97. The number of nitrogens with two attached hydrogens (primary N) is 1. The number of hydroxylamine groups is 1. The van der Waals surface area contributed by atoms with E-state index in [0.717, 1.165) is 6.07 Å². The van der Waals surface area contributed by atoms with Crippen LogP contribution in [0.3, 0.4) is 0 Å². The zero-order valence-corrected chi connectivity index (χ0v) is 10.8. The topological polar surface area (TPSA) is 108 Å². The SMILES string of the molecule is CCONC(=O)c1cc(S(N)(=O)=O)ccc1OC. The number of carbonyl (C=O) groups excluding carboxylic acids is 1. The van der Waals surface area contributed by atoms with E-state index in [4.69, 9.17) is 14.7 Å². The van der Waals surface area contributed by atoms with E-state index in [1.165, 1.54) is 19.2 Å². The first kappa shape index (κ1) is 14.4. The third kappa shape index (κ3) is 3.42. The number of primary sulfonamides is 1. The maximum atomic E-state index is 11.7. The molecule has 18 heavy (non-hydrogen) atoms. The van der Waals surface area contributed by atoms with Crippen LogP contribution in [-0.4, -0.2) is 28.0 Å². The Morgan fingerprint density at radius 3 is 2.61 bits per heavy atom. The van der Waals surface area contributed by atoms with Crippen LogP contribution in [0.25, 0.3) is 0 Å². The summed E-state index contributed by atoms with van der Waals surface area (Å²) in [6.07, 6.45) is 0. The van der Waals surface area contributed by atoms with Gasteiger partial charge in [0, 0.05) is 0 Å². The average Bonchev–Trinajstić information content (AvgIpc) is 2.34. The van der Waals surface area contributed by atoms with Crippen molar-refractivity contribution >= 4 is 15.9 Å². The Morgan fingerprint density at radius 1 is 1.44 bits per heavy atom. The average molecular weight is 274 g/mol. The van der Waals surface area contributed by atoms with Gasteiger partial charge in [-0.1, -0.05) is 0 Å². The van der Waals surface area contributed by atoms with E-state index < -0.39 is 15.9 Å². The van der Waals surface area contributed by atoms with Crippen molar-refractivity contribution in [2.45, 2.75) is 11.8 Å². The van der Waals surface area contributed by atoms with E-state index in [1.54, 1.807) is 6.92 Å². The highest BCUT2D eigenvalue weighted by Gasteiger charge is 2.17. The first-order valence-corrected chi connectivity index (χ1v) is 6.57. The lowest BCUT2D eigenvalue weighted by molar-refractivity contribution is 0.0362. The van der Waals surface area contributed by atoms with Crippen LogP contribution in [0, 0.1) is 0 Å². The number of hydrogen-bond acceptors (Lipinski definition) is 5. The second-order valence-electron chi connectivity index (χ2n) is 3.27.